The second kappa shape index (κ2) is 10.2. The molecule has 0 atom stereocenters. The van der Waals surface area contributed by atoms with Crippen molar-refractivity contribution in [1.82, 2.24) is 4.90 Å². The molecule has 114 valence electrons. The minimum Gasteiger partial charge on any atom is -0.508 e. The molecule has 0 amide bonds. The lowest BCUT2D eigenvalue weighted by Crippen LogP contribution is -2.30. The van der Waals surface area contributed by atoms with Crippen LogP contribution < -0.4 is 0 Å². The molecule has 1 rings (SSSR count). The van der Waals surface area contributed by atoms with E-state index in [4.69, 9.17) is 9.47 Å². The fraction of sp³-hybridized carbons (Fsp3) is 0.600. The Morgan fingerprint density at radius 2 is 1.70 bits per heavy atom. The normalized spacial score (nSPS) is 11.2. The Balaban J connectivity index is 2.58. The molecular formula is C15H24BrNO3. The first-order valence-electron chi connectivity index (χ1n) is 7.02. The van der Waals surface area contributed by atoms with E-state index in [2.05, 4.69) is 20.8 Å². The van der Waals surface area contributed by atoms with Crippen molar-refractivity contribution < 1.29 is 14.6 Å². The van der Waals surface area contributed by atoms with Crippen molar-refractivity contribution in [2.45, 2.75) is 20.4 Å². The molecule has 0 radical (unpaired) electrons. The highest BCUT2D eigenvalue weighted by atomic mass is 79.9. The van der Waals surface area contributed by atoms with E-state index < -0.39 is 0 Å². The SMILES string of the molecule is CCOCCN(CCOCC)Cc1cc(Br)ccc1O. The number of hydrogen-bond acceptors (Lipinski definition) is 4. The average molecular weight is 346 g/mol. The summed E-state index contributed by atoms with van der Waals surface area (Å²) in [6.07, 6.45) is 0. The Morgan fingerprint density at radius 1 is 1.10 bits per heavy atom. The van der Waals surface area contributed by atoms with Gasteiger partial charge in [-0.15, -0.1) is 0 Å². The summed E-state index contributed by atoms with van der Waals surface area (Å²) < 4.78 is 11.8. The quantitative estimate of drug-likeness (QED) is 0.662. The third-order valence-corrected chi connectivity index (χ3v) is 3.44. The Bertz CT molecular complexity index is 377. The van der Waals surface area contributed by atoms with Crippen LogP contribution in [0.25, 0.3) is 0 Å². The number of benzene rings is 1. The summed E-state index contributed by atoms with van der Waals surface area (Å²) in [4.78, 5) is 2.23. The molecule has 0 saturated carbocycles. The fourth-order valence-electron chi connectivity index (χ4n) is 1.87. The summed E-state index contributed by atoms with van der Waals surface area (Å²) >= 11 is 3.43. The molecule has 0 aromatic heterocycles. The summed E-state index contributed by atoms with van der Waals surface area (Å²) in [6, 6.07) is 5.50. The van der Waals surface area contributed by atoms with Crippen LogP contribution in [0.1, 0.15) is 19.4 Å². The molecule has 1 aromatic rings. The lowest BCUT2D eigenvalue weighted by atomic mass is 10.2. The summed E-state index contributed by atoms with van der Waals surface area (Å²) in [5.41, 5.74) is 0.910. The molecule has 0 aliphatic carbocycles. The van der Waals surface area contributed by atoms with E-state index >= 15 is 0 Å². The van der Waals surface area contributed by atoms with Crippen LogP contribution in [0.4, 0.5) is 0 Å². The van der Waals surface area contributed by atoms with Gasteiger partial charge >= 0.3 is 0 Å². The first-order chi connectivity index (χ1) is 9.67. The number of hydrogen-bond donors (Lipinski definition) is 1. The van der Waals surface area contributed by atoms with Crippen LogP contribution in [0.15, 0.2) is 22.7 Å². The van der Waals surface area contributed by atoms with Crippen molar-refractivity contribution in [3.8, 4) is 5.75 Å². The molecule has 1 N–H and O–H groups in total. The maximum atomic E-state index is 9.92. The highest BCUT2D eigenvalue weighted by Crippen LogP contribution is 2.23. The maximum Gasteiger partial charge on any atom is 0.120 e. The predicted molar refractivity (Wildman–Crippen MR) is 84.1 cm³/mol. The van der Waals surface area contributed by atoms with Crippen LogP contribution in [-0.2, 0) is 16.0 Å². The van der Waals surface area contributed by atoms with Gasteiger partial charge in [0.25, 0.3) is 0 Å². The second-order valence-electron chi connectivity index (χ2n) is 4.44. The third kappa shape index (κ3) is 6.70. The van der Waals surface area contributed by atoms with Gasteiger partial charge < -0.3 is 14.6 Å². The lowest BCUT2D eigenvalue weighted by molar-refractivity contribution is 0.0794. The van der Waals surface area contributed by atoms with Crippen molar-refractivity contribution in [2.24, 2.45) is 0 Å². The summed E-state index contributed by atoms with van der Waals surface area (Å²) in [5, 5.41) is 9.92. The van der Waals surface area contributed by atoms with Gasteiger partial charge in [0.05, 0.1) is 13.2 Å². The number of phenolic OH excluding ortho intramolecular Hbond substituents is 1. The highest BCUT2D eigenvalue weighted by molar-refractivity contribution is 9.10. The van der Waals surface area contributed by atoms with Crippen LogP contribution in [-0.4, -0.2) is 49.5 Å². The Labute approximate surface area is 129 Å². The minimum absolute atomic E-state index is 0.325. The Kier molecular flexibility index (Phi) is 8.85. The summed E-state index contributed by atoms with van der Waals surface area (Å²) in [5.74, 6) is 0.325. The van der Waals surface area contributed by atoms with Gasteiger partial charge in [0.15, 0.2) is 0 Å². The molecule has 4 nitrogen and oxygen atoms in total. The van der Waals surface area contributed by atoms with Gasteiger partial charge in [0, 0.05) is 42.9 Å². The molecule has 0 bridgehead atoms. The number of nitrogens with zero attached hydrogens (tertiary/aromatic N) is 1. The number of rotatable bonds is 10. The number of halogens is 1. The van der Waals surface area contributed by atoms with Crippen LogP contribution in [0.5, 0.6) is 5.75 Å². The van der Waals surface area contributed by atoms with Gasteiger partial charge in [-0.2, -0.15) is 0 Å². The monoisotopic (exact) mass is 345 g/mol. The zero-order valence-corrected chi connectivity index (χ0v) is 13.9. The van der Waals surface area contributed by atoms with Crippen molar-refractivity contribution in [3.63, 3.8) is 0 Å². The largest absolute Gasteiger partial charge is 0.508 e. The number of phenols is 1. The van der Waals surface area contributed by atoms with Crippen molar-refractivity contribution in [1.29, 1.82) is 0 Å². The van der Waals surface area contributed by atoms with E-state index in [1.807, 2.05) is 26.0 Å². The van der Waals surface area contributed by atoms with E-state index in [0.717, 1.165) is 36.3 Å². The topological polar surface area (TPSA) is 41.9 Å². The predicted octanol–water partition coefficient (Wildman–Crippen LogP) is 3.03. The van der Waals surface area contributed by atoms with Crippen molar-refractivity contribution in [2.75, 3.05) is 39.5 Å². The molecule has 0 aliphatic heterocycles. The van der Waals surface area contributed by atoms with E-state index in [-0.39, 0.29) is 0 Å². The Morgan fingerprint density at radius 3 is 2.25 bits per heavy atom. The average Bonchev–Trinajstić information content (AvgIpc) is 2.43. The van der Waals surface area contributed by atoms with Gasteiger partial charge in [-0.05, 0) is 32.0 Å². The lowest BCUT2D eigenvalue weighted by Gasteiger charge is -2.22. The molecule has 0 fully saturated rings. The van der Waals surface area contributed by atoms with Gasteiger partial charge in [0.1, 0.15) is 5.75 Å². The standard InChI is InChI=1S/C15H24BrNO3/c1-3-19-9-7-17(8-10-20-4-2)12-13-11-14(16)5-6-15(13)18/h5-6,11,18H,3-4,7-10,12H2,1-2H3. The molecule has 1 aromatic carbocycles. The summed E-state index contributed by atoms with van der Waals surface area (Å²) in [6.45, 7) is 9.15. The Hall–Kier alpha value is -0.620. The highest BCUT2D eigenvalue weighted by Gasteiger charge is 2.09. The van der Waals surface area contributed by atoms with Gasteiger partial charge in [0.2, 0.25) is 0 Å². The number of aromatic hydroxyl groups is 1. The van der Waals surface area contributed by atoms with Crippen LogP contribution in [0.2, 0.25) is 0 Å². The van der Waals surface area contributed by atoms with Gasteiger partial charge in [-0.3, -0.25) is 4.90 Å². The van der Waals surface area contributed by atoms with E-state index in [9.17, 15) is 5.11 Å². The van der Waals surface area contributed by atoms with Crippen LogP contribution in [0.3, 0.4) is 0 Å². The fourth-order valence-corrected chi connectivity index (χ4v) is 2.28. The molecule has 0 saturated heterocycles. The minimum atomic E-state index is 0.325. The first kappa shape index (κ1) is 17.4. The molecule has 0 heterocycles. The molecule has 0 aliphatic rings. The molecule has 0 unspecified atom stereocenters. The third-order valence-electron chi connectivity index (χ3n) is 2.95. The maximum absolute atomic E-state index is 9.92. The molecule has 0 spiro atoms. The molecule has 20 heavy (non-hydrogen) atoms. The van der Waals surface area contributed by atoms with Gasteiger partial charge in [-0.25, -0.2) is 0 Å². The number of ether oxygens (including phenoxy) is 2. The van der Waals surface area contributed by atoms with E-state index in [1.54, 1.807) is 6.07 Å². The second-order valence-corrected chi connectivity index (χ2v) is 5.36. The first-order valence-corrected chi connectivity index (χ1v) is 7.81. The van der Waals surface area contributed by atoms with Gasteiger partial charge in [-0.1, -0.05) is 15.9 Å². The summed E-state index contributed by atoms with van der Waals surface area (Å²) in [7, 11) is 0. The van der Waals surface area contributed by atoms with Crippen molar-refractivity contribution in [3.05, 3.63) is 28.2 Å². The van der Waals surface area contributed by atoms with Crippen LogP contribution in [0, 0.1) is 0 Å². The molecule has 5 heteroatoms. The smallest absolute Gasteiger partial charge is 0.120 e. The molecular weight excluding hydrogens is 322 g/mol. The van der Waals surface area contributed by atoms with Crippen LogP contribution >= 0.6 is 15.9 Å². The van der Waals surface area contributed by atoms with Crippen molar-refractivity contribution >= 4 is 15.9 Å². The zero-order valence-electron chi connectivity index (χ0n) is 12.3. The van der Waals surface area contributed by atoms with E-state index in [1.165, 1.54) is 0 Å². The zero-order chi connectivity index (χ0) is 14.8. The van der Waals surface area contributed by atoms with E-state index in [0.29, 0.717) is 25.5 Å².